The molecule has 8 heteroatoms. The van der Waals surface area contributed by atoms with Gasteiger partial charge in [0.05, 0.1) is 21.3 Å². The van der Waals surface area contributed by atoms with Gasteiger partial charge in [0.1, 0.15) is 5.82 Å². The highest BCUT2D eigenvalue weighted by Gasteiger charge is 2.19. The summed E-state index contributed by atoms with van der Waals surface area (Å²) in [6.07, 6.45) is 0. The summed E-state index contributed by atoms with van der Waals surface area (Å²) in [4.78, 5) is -0.0829. The molecule has 2 rings (SSSR count). The minimum absolute atomic E-state index is 0.0829. The average molecular weight is 394 g/mol. The van der Waals surface area contributed by atoms with Crippen LogP contribution in [-0.2, 0) is 10.0 Å². The average Bonchev–Trinajstić information content (AvgIpc) is 2.37. The third-order valence-electron chi connectivity index (χ3n) is 2.76. The van der Waals surface area contributed by atoms with Crippen LogP contribution in [0, 0.1) is 12.7 Å². The predicted molar refractivity (Wildman–Crippen MR) is 85.5 cm³/mol. The molecule has 0 saturated carbocycles. The number of sulfonamides is 1. The van der Waals surface area contributed by atoms with Crippen LogP contribution in [-0.4, -0.2) is 8.42 Å². The van der Waals surface area contributed by atoms with Crippen LogP contribution < -0.4 is 10.5 Å². The molecule has 0 aliphatic carbocycles. The van der Waals surface area contributed by atoms with Crippen LogP contribution in [0.15, 0.2) is 39.7 Å². The molecular formula is C13H11BrClFN2O2S. The zero-order valence-corrected chi connectivity index (χ0v) is 14.0. The molecule has 0 spiro atoms. The Morgan fingerprint density at radius 3 is 2.57 bits per heavy atom. The van der Waals surface area contributed by atoms with Crippen molar-refractivity contribution in [3.05, 3.63) is 51.2 Å². The van der Waals surface area contributed by atoms with Crippen molar-refractivity contribution in [2.24, 2.45) is 0 Å². The second kappa shape index (κ2) is 5.82. The van der Waals surface area contributed by atoms with Crippen molar-refractivity contribution < 1.29 is 12.8 Å². The van der Waals surface area contributed by atoms with Gasteiger partial charge in [-0.25, -0.2) is 12.8 Å². The molecular weight excluding hydrogens is 383 g/mol. The van der Waals surface area contributed by atoms with E-state index in [1.54, 1.807) is 12.1 Å². The van der Waals surface area contributed by atoms with Gasteiger partial charge in [0.2, 0.25) is 0 Å². The lowest BCUT2D eigenvalue weighted by Crippen LogP contribution is -2.15. The van der Waals surface area contributed by atoms with Crippen LogP contribution in [0.1, 0.15) is 5.56 Å². The highest BCUT2D eigenvalue weighted by atomic mass is 79.9. The molecule has 112 valence electrons. The maximum absolute atomic E-state index is 13.3. The molecule has 0 heterocycles. The van der Waals surface area contributed by atoms with Crippen LogP contribution in [0.4, 0.5) is 15.8 Å². The predicted octanol–water partition coefficient (Wildman–Crippen LogP) is 3.93. The third-order valence-corrected chi connectivity index (χ3v) is 5.51. The molecule has 0 aromatic heterocycles. The largest absolute Gasteiger partial charge is 0.396 e. The first kappa shape index (κ1) is 16.1. The molecule has 3 N–H and O–H groups in total. The molecule has 0 aliphatic rings. The van der Waals surface area contributed by atoms with Gasteiger partial charge < -0.3 is 5.73 Å². The SMILES string of the molecule is Cc1cc(F)c(N)cc1S(=O)(=O)Nc1ccc(Br)c(Cl)c1. The van der Waals surface area contributed by atoms with E-state index < -0.39 is 15.8 Å². The van der Waals surface area contributed by atoms with Gasteiger partial charge in [-0.2, -0.15) is 0 Å². The Morgan fingerprint density at radius 2 is 1.95 bits per heavy atom. The van der Waals surface area contributed by atoms with Crippen LogP contribution in [0.2, 0.25) is 5.02 Å². The zero-order chi connectivity index (χ0) is 15.8. The summed E-state index contributed by atoms with van der Waals surface area (Å²) in [5.41, 5.74) is 5.76. The molecule has 2 aromatic carbocycles. The molecule has 0 amide bonds. The number of nitrogens with one attached hydrogen (secondary N) is 1. The number of nitrogen functional groups attached to an aromatic ring is 1. The summed E-state index contributed by atoms with van der Waals surface area (Å²) in [5.74, 6) is -0.655. The molecule has 0 fully saturated rings. The molecule has 21 heavy (non-hydrogen) atoms. The summed E-state index contributed by atoms with van der Waals surface area (Å²) < 4.78 is 41.0. The van der Waals surface area contributed by atoms with E-state index in [0.29, 0.717) is 15.2 Å². The quantitative estimate of drug-likeness (QED) is 0.776. The van der Waals surface area contributed by atoms with E-state index in [1.807, 2.05) is 0 Å². The number of hydrogen-bond acceptors (Lipinski definition) is 3. The van der Waals surface area contributed by atoms with Crippen molar-refractivity contribution >= 4 is 48.9 Å². The van der Waals surface area contributed by atoms with Gasteiger partial charge in [0.15, 0.2) is 0 Å². The Kier molecular flexibility index (Phi) is 4.46. The molecule has 0 atom stereocenters. The lowest BCUT2D eigenvalue weighted by Gasteiger charge is -2.12. The zero-order valence-electron chi connectivity index (χ0n) is 10.8. The number of rotatable bonds is 3. The smallest absolute Gasteiger partial charge is 0.262 e. The van der Waals surface area contributed by atoms with Gasteiger partial charge in [0.25, 0.3) is 10.0 Å². The first-order valence-corrected chi connectivity index (χ1v) is 8.39. The van der Waals surface area contributed by atoms with Gasteiger partial charge in [-0.1, -0.05) is 11.6 Å². The fourth-order valence-corrected chi connectivity index (χ4v) is 3.47. The van der Waals surface area contributed by atoms with E-state index in [-0.39, 0.29) is 16.1 Å². The van der Waals surface area contributed by atoms with E-state index >= 15 is 0 Å². The van der Waals surface area contributed by atoms with Crippen molar-refractivity contribution in [1.82, 2.24) is 0 Å². The number of halogens is 3. The van der Waals surface area contributed by atoms with Gasteiger partial charge >= 0.3 is 0 Å². The summed E-state index contributed by atoms with van der Waals surface area (Å²) in [6, 6.07) is 6.80. The van der Waals surface area contributed by atoms with Gasteiger partial charge in [-0.3, -0.25) is 4.72 Å². The molecule has 2 aromatic rings. The van der Waals surface area contributed by atoms with Gasteiger partial charge in [0, 0.05) is 4.47 Å². The number of aryl methyl sites for hydroxylation is 1. The highest BCUT2D eigenvalue weighted by Crippen LogP contribution is 2.28. The van der Waals surface area contributed by atoms with Crippen molar-refractivity contribution in [1.29, 1.82) is 0 Å². The first-order valence-electron chi connectivity index (χ1n) is 5.74. The molecule has 0 radical (unpaired) electrons. The number of hydrogen-bond donors (Lipinski definition) is 2. The van der Waals surface area contributed by atoms with E-state index in [1.165, 1.54) is 13.0 Å². The third kappa shape index (κ3) is 3.48. The number of nitrogens with two attached hydrogens (primary N) is 1. The van der Waals surface area contributed by atoms with Gasteiger partial charge in [-0.15, -0.1) is 0 Å². The highest BCUT2D eigenvalue weighted by molar-refractivity contribution is 9.10. The fraction of sp³-hybridized carbons (Fsp3) is 0.0769. The van der Waals surface area contributed by atoms with Crippen LogP contribution in [0.25, 0.3) is 0 Å². The van der Waals surface area contributed by atoms with Crippen molar-refractivity contribution in [2.45, 2.75) is 11.8 Å². The topological polar surface area (TPSA) is 72.2 Å². The van der Waals surface area contributed by atoms with Crippen LogP contribution >= 0.6 is 27.5 Å². The van der Waals surface area contributed by atoms with Crippen molar-refractivity contribution in [2.75, 3.05) is 10.5 Å². The minimum Gasteiger partial charge on any atom is -0.396 e. The second-order valence-corrected chi connectivity index (χ2v) is 7.29. The van der Waals surface area contributed by atoms with E-state index in [4.69, 9.17) is 17.3 Å². The number of benzene rings is 2. The fourth-order valence-electron chi connectivity index (χ4n) is 1.73. The molecule has 0 unspecified atom stereocenters. The maximum atomic E-state index is 13.3. The standard InChI is InChI=1S/C13H11BrClFN2O2S/c1-7-4-11(16)12(17)6-13(7)21(19,20)18-8-2-3-9(14)10(15)5-8/h2-6,18H,17H2,1H3. The van der Waals surface area contributed by atoms with Crippen molar-refractivity contribution in [3.8, 4) is 0 Å². The molecule has 0 bridgehead atoms. The van der Waals surface area contributed by atoms with Crippen molar-refractivity contribution in [3.63, 3.8) is 0 Å². The Labute approximate surface area is 135 Å². The Morgan fingerprint density at radius 1 is 1.29 bits per heavy atom. The maximum Gasteiger partial charge on any atom is 0.262 e. The number of anilines is 2. The summed E-state index contributed by atoms with van der Waals surface area (Å²) in [5, 5.41) is 0.366. The van der Waals surface area contributed by atoms with E-state index in [9.17, 15) is 12.8 Å². The Balaban J connectivity index is 2.43. The van der Waals surface area contributed by atoms with Crippen LogP contribution in [0.3, 0.4) is 0 Å². The Hall–Kier alpha value is -1.31. The molecule has 4 nitrogen and oxygen atoms in total. The molecule has 0 aliphatic heterocycles. The lowest BCUT2D eigenvalue weighted by atomic mass is 10.2. The second-order valence-electron chi connectivity index (χ2n) is 4.37. The Bertz CT molecular complexity index is 812. The minimum atomic E-state index is -3.88. The summed E-state index contributed by atoms with van der Waals surface area (Å²) in [6.45, 7) is 1.49. The monoisotopic (exact) mass is 392 g/mol. The molecule has 0 saturated heterocycles. The van der Waals surface area contributed by atoms with E-state index in [0.717, 1.165) is 12.1 Å². The normalized spacial score (nSPS) is 11.4. The first-order chi connectivity index (χ1) is 9.70. The summed E-state index contributed by atoms with van der Waals surface area (Å²) >= 11 is 9.13. The summed E-state index contributed by atoms with van der Waals surface area (Å²) in [7, 11) is -3.88. The lowest BCUT2D eigenvalue weighted by molar-refractivity contribution is 0.599. The van der Waals surface area contributed by atoms with Gasteiger partial charge in [-0.05, 0) is 58.7 Å². The van der Waals surface area contributed by atoms with E-state index in [2.05, 4.69) is 20.7 Å². The van der Waals surface area contributed by atoms with Crippen LogP contribution in [0.5, 0.6) is 0 Å².